The van der Waals surface area contributed by atoms with Crippen LogP contribution in [0.1, 0.15) is 143 Å². The molecule has 1 saturated carbocycles. The molecule has 27 N–H and O–H groups in total. The molecule has 0 unspecified atom stereocenters. The Hall–Kier alpha value is -9.39. The van der Waals surface area contributed by atoms with E-state index < -0.39 is 163 Å². The lowest BCUT2D eigenvalue weighted by Crippen LogP contribution is -2.62. The number of nitrogens with two attached hydrogens (primary N) is 8. The van der Waals surface area contributed by atoms with E-state index in [4.69, 9.17) is 45.9 Å². The molecule has 12 atom stereocenters. The summed E-state index contributed by atoms with van der Waals surface area (Å²) in [4.78, 5) is 191. The number of rotatable bonds is 48. The fourth-order valence-corrected chi connectivity index (χ4v) is 11.0. The number of guanidine groups is 3. The lowest BCUT2D eigenvalue weighted by Gasteiger charge is -2.40. The first-order valence-electron chi connectivity index (χ1n) is 34.1. The van der Waals surface area contributed by atoms with Crippen LogP contribution in [0, 0.1) is 11.8 Å². The standard InChI is InChI=1S/C64H110N22O14S/c1-6-36(3)51(84-55(94)43(24-16-28-74-63(69)70)79-49(89)33-76-48(88)32-77-53(92)38(5)78-58(97)47(35-101)83-54(93)42(66)23-14-26-65)59(98)81-45(31-50(90)91)57(96)80-44(25-17-29-75-64(71)72)56(95)85-52(37(4)7-2)60(99)82-46(30-39-18-10-8-11-19-39)61(100)86(40-20-12-9-13-21-40)41(34-87)22-15-27-73-62(67)68/h8,10-11,18-19,34,36-38,40-47,51-52,101H,6-7,9,12-17,20-33,35,65-66H2,1-5H3,(H,76,88)(H,77,92)(H,78,97)(H,79,89)(H,80,96)(H,81,98)(H,82,99)(H,83,93)(H,84,94)(H,85,95)(H,90,91)(H4,67,68,73)(H4,69,70,74)(H4,71,72,75)/t36-,37-,38-,41-,42-,43-,44-,45-,46-,47-,51-,52-/m0/s1. The van der Waals surface area contributed by atoms with Gasteiger partial charge in [0.1, 0.15) is 54.6 Å². The van der Waals surface area contributed by atoms with Gasteiger partial charge in [-0.1, -0.05) is 90.1 Å². The van der Waals surface area contributed by atoms with Crippen molar-refractivity contribution >= 4 is 108 Å². The molecule has 101 heavy (non-hydrogen) atoms. The van der Waals surface area contributed by atoms with Crippen molar-refractivity contribution in [2.75, 3.05) is 45.0 Å². The molecule has 37 heteroatoms. The van der Waals surface area contributed by atoms with Crippen molar-refractivity contribution < 1.29 is 67.4 Å². The van der Waals surface area contributed by atoms with Gasteiger partial charge in [-0.2, -0.15) is 12.6 Å². The van der Waals surface area contributed by atoms with Crippen LogP contribution in [0.25, 0.3) is 0 Å². The van der Waals surface area contributed by atoms with Crippen LogP contribution in [0.5, 0.6) is 0 Å². The summed E-state index contributed by atoms with van der Waals surface area (Å²) in [5, 5.41) is 35.3. The van der Waals surface area contributed by atoms with Crippen LogP contribution in [0.15, 0.2) is 45.3 Å². The SMILES string of the molecule is CC[C@H](C)[C@H](NC(=O)[C@H](CCCN=C(N)N)NC(=O)CNC(=O)CNC(=O)[C@H](C)NC(=O)[C@H](CS)NC(=O)[C@@H](N)CCCN)C(=O)N[C@@H](CC(=O)O)C(=O)N[C@@H](CCCN=C(N)N)C(=O)N[C@H](C(=O)N[C@@H](Cc1ccccc1)C(=O)N(C1CCCCC1)[C@H](C=O)CCCN=C(N)N)[C@@H](C)CC. The van der Waals surface area contributed by atoms with E-state index in [2.05, 4.69) is 80.8 Å². The number of aliphatic carboxylic acids is 1. The highest BCUT2D eigenvalue weighted by atomic mass is 32.1. The monoisotopic (exact) mass is 1440 g/mol. The van der Waals surface area contributed by atoms with E-state index in [9.17, 15) is 62.6 Å². The van der Waals surface area contributed by atoms with Crippen LogP contribution < -0.4 is 99.0 Å². The Morgan fingerprint density at radius 2 is 1.02 bits per heavy atom. The summed E-state index contributed by atoms with van der Waals surface area (Å²) in [5.41, 5.74) is 45.3. The number of nitrogens with zero attached hydrogens (tertiary/aromatic N) is 4. The molecule has 0 aliphatic heterocycles. The van der Waals surface area contributed by atoms with Gasteiger partial charge in [0.15, 0.2) is 17.9 Å². The van der Waals surface area contributed by atoms with E-state index >= 15 is 4.79 Å². The first-order chi connectivity index (χ1) is 47.9. The molecule has 566 valence electrons. The number of hydrogen-bond donors (Lipinski definition) is 20. The summed E-state index contributed by atoms with van der Waals surface area (Å²) in [6, 6.07) is -4.73. The minimum Gasteiger partial charge on any atom is -0.481 e. The fourth-order valence-electron chi connectivity index (χ4n) is 10.7. The summed E-state index contributed by atoms with van der Waals surface area (Å²) >= 11 is 4.11. The highest BCUT2D eigenvalue weighted by Gasteiger charge is 2.40. The predicted octanol–water partition coefficient (Wildman–Crippen LogP) is -5.19. The molecule has 1 aromatic rings. The molecule has 0 radical (unpaired) electrons. The predicted molar refractivity (Wildman–Crippen MR) is 382 cm³/mol. The third-order valence-corrected chi connectivity index (χ3v) is 17.2. The van der Waals surface area contributed by atoms with Crippen molar-refractivity contribution in [2.45, 2.75) is 210 Å². The van der Waals surface area contributed by atoms with Gasteiger partial charge in [0, 0.05) is 37.8 Å². The third kappa shape index (κ3) is 33.6. The van der Waals surface area contributed by atoms with Crippen LogP contribution in [-0.4, -0.2) is 217 Å². The molecule has 2 rings (SSSR count). The average molecular weight is 1440 g/mol. The van der Waals surface area contributed by atoms with Gasteiger partial charge < -0.3 is 114 Å². The van der Waals surface area contributed by atoms with Gasteiger partial charge in [0.2, 0.25) is 65.0 Å². The summed E-state index contributed by atoms with van der Waals surface area (Å²) < 4.78 is 0. The van der Waals surface area contributed by atoms with Gasteiger partial charge in [-0.05, 0) is 95.1 Å². The Bertz CT molecular complexity index is 2970. The van der Waals surface area contributed by atoms with Crippen molar-refractivity contribution in [3.05, 3.63) is 35.9 Å². The lowest BCUT2D eigenvalue weighted by atomic mass is 9.91. The van der Waals surface area contributed by atoms with Crippen LogP contribution >= 0.6 is 12.6 Å². The average Bonchev–Trinajstić information content (AvgIpc) is 0.823. The molecule has 11 amide bonds. The molecule has 1 aromatic carbocycles. The number of carboxylic acids is 1. The van der Waals surface area contributed by atoms with E-state index in [1.807, 2.05) is 0 Å². The second kappa shape index (κ2) is 47.6. The van der Waals surface area contributed by atoms with E-state index in [1.165, 1.54) is 6.92 Å². The Kier molecular flexibility index (Phi) is 41.3. The molecule has 1 fully saturated rings. The number of benzene rings is 1. The summed E-state index contributed by atoms with van der Waals surface area (Å²) in [6.07, 6.45) is 5.02. The number of nitrogens with one attached hydrogen (secondary N) is 10. The van der Waals surface area contributed by atoms with Gasteiger partial charge >= 0.3 is 5.97 Å². The molecular weight excluding hydrogens is 1330 g/mol. The minimum absolute atomic E-state index is 0.00736. The van der Waals surface area contributed by atoms with Crippen molar-refractivity contribution in [3.63, 3.8) is 0 Å². The topological polar surface area (TPSA) is 611 Å². The summed E-state index contributed by atoms with van der Waals surface area (Å²) in [5.74, 6) is -13.1. The zero-order valence-electron chi connectivity index (χ0n) is 58.5. The van der Waals surface area contributed by atoms with Crippen LogP contribution in [0.4, 0.5) is 0 Å². The maximum atomic E-state index is 15.2. The number of hydrogen-bond acceptors (Lipinski definition) is 19. The summed E-state index contributed by atoms with van der Waals surface area (Å²) in [6.45, 7) is 7.04. The number of aldehydes is 1. The highest BCUT2D eigenvalue weighted by Crippen LogP contribution is 2.27. The number of carbonyl (C=O) groups excluding carboxylic acids is 12. The number of carboxylic acid groups (broad SMARTS) is 1. The normalized spacial score (nSPS) is 15.6. The van der Waals surface area contributed by atoms with Gasteiger partial charge in [-0.3, -0.25) is 72.5 Å². The Labute approximate surface area is 594 Å². The number of amides is 11. The highest BCUT2D eigenvalue weighted by molar-refractivity contribution is 7.80. The molecule has 1 aliphatic rings. The van der Waals surface area contributed by atoms with Crippen LogP contribution in [-0.2, 0) is 68.7 Å². The molecule has 0 aromatic heterocycles. The summed E-state index contributed by atoms with van der Waals surface area (Å²) in [7, 11) is 0. The van der Waals surface area contributed by atoms with Crippen molar-refractivity contribution in [1.29, 1.82) is 0 Å². The Morgan fingerprint density at radius 3 is 1.50 bits per heavy atom. The molecule has 36 nitrogen and oxygen atoms in total. The Balaban J connectivity index is 2.44. The van der Waals surface area contributed by atoms with Gasteiger partial charge in [-0.25, -0.2) is 0 Å². The fraction of sp³-hybridized carbons (Fsp3) is 0.656. The van der Waals surface area contributed by atoms with E-state index in [-0.39, 0.29) is 101 Å². The molecule has 0 heterocycles. The smallest absolute Gasteiger partial charge is 0.305 e. The van der Waals surface area contributed by atoms with Crippen molar-refractivity contribution in [2.24, 2.45) is 72.7 Å². The van der Waals surface area contributed by atoms with Crippen molar-refractivity contribution in [1.82, 2.24) is 58.1 Å². The lowest BCUT2D eigenvalue weighted by molar-refractivity contribution is -0.144. The first kappa shape index (κ1) is 87.7. The minimum atomic E-state index is -1.92. The second-order valence-corrected chi connectivity index (χ2v) is 25.3. The maximum Gasteiger partial charge on any atom is 0.305 e. The molecular formula is C64H110N22O14S. The van der Waals surface area contributed by atoms with Crippen molar-refractivity contribution in [3.8, 4) is 0 Å². The maximum absolute atomic E-state index is 15.2. The number of thiol groups is 1. The van der Waals surface area contributed by atoms with Gasteiger partial charge in [0.05, 0.1) is 31.6 Å². The molecule has 1 aliphatic carbocycles. The van der Waals surface area contributed by atoms with E-state index in [0.29, 0.717) is 50.5 Å². The van der Waals surface area contributed by atoms with E-state index in [1.54, 1.807) is 62.9 Å². The largest absolute Gasteiger partial charge is 0.481 e. The van der Waals surface area contributed by atoms with Gasteiger partial charge in [0.25, 0.3) is 0 Å². The molecule has 0 spiro atoms. The zero-order chi connectivity index (χ0) is 75.7. The quantitative estimate of drug-likeness (QED) is 0.00953. The molecule has 0 saturated heterocycles. The number of aliphatic imine (C=N–C) groups is 3. The zero-order valence-corrected chi connectivity index (χ0v) is 59.4. The van der Waals surface area contributed by atoms with Gasteiger partial charge in [-0.15, -0.1) is 0 Å². The van der Waals surface area contributed by atoms with Crippen LogP contribution in [0.3, 0.4) is 0 Å². The second-order valence-electron chi connectivity index (χ2n) is 24.9. The van der Waals surface area contributed by atoms with Crippen LogP contribution in [0.2, 0.25) is 0 Å². The number of carbonyl (C=O) groups is 13. The third-order valence-electron chi connectivity index (χ3n) is 16.9. The Morgan fingerprint density at radius 1 is 0.554 bits per heavy atom. The first-order valence-corrected chi connectivity index (χ1v) is 34.8. The molecule has 0 bridgehead atoms. The van der Waals surface area contributed by atoms with E-state index in [0.717, 1.165) is 19.3 Å².